The van der Waals surface area contributed by atoms with Gasteiger partial charge in [-0.15, -0.1) is 0 Å². The third kappa shape index (κ3) is 5.79. The van der Waals surface area contributed by atoms with Crippen molar-refractivity contribution in [3.8, 4) is 0 Å². The van der Waals surface area contributed by atoms with Gasteiger partial charge in [-0.1, -0.05) is 13.3 Å². The second kappa shape index (κ2) is 10.9. The third-order valence-corrected chi connectivity index (χ3v) is 4.80. The number of pyridine rings is 1. The Balaban J connectivity index is 0.000000466. The molecule has 35 heavy (non-hydrogen) atoms. The average molecular weight is 487 g/mol. The molecule has 0 saturated heterocycles. The van der Waals surface area contributed by atoms with Gasteiger partial charge in [0, 0.05) is 41.8 Å². The van der Waals surface area contributed by atoms with Crippen LogP contribution in [-0.4, -0.2) is 48.9 Å². The number of nitrogens with zero attached hydrogens (tertiary/aromatic N) is 1. The van der Waals surface area contributed by atoms with Crippen molar-refractivity contribution < 1.29 is 44.0 Å². The molecule has 12 nitrogen and oxygen atoms in total. The minimum absolute atomic E-state index is 0.0680. The highest BCUT2D eigenvalue weighted by Gasteiger charge is 2.21. The highest BCUT2D eigenvalue weighted by atomic mass is 16.4. The minimum Gasteiger partial charge on any atom is -0.478 e. The molecule has 0 bridgehead atoms. The molecule has 184 valence electrons. The molecule has 2 heterocycles. The summed E-state index contributed by atoms with van der Waals surface area (Å²) in [6, 6.07) is 3.25. The van der Waals surface area contributed by atoms with Crippen LogP contribution in [0.1, 0.15) is 46.9 Å². The Morgan fingerprint density at radius 3 is 1.89 bits per heavy atom. The normalized spacial score (nSPS) is 10.8. The zero-order valence-corrected chi connectivity index (χ0v) is 18.6. The van der Waals surface area contributed by atoms with Gasteiger partial charge in [0.25, 0.3) is 0 Å². The number of hydrogen-bond donors (Lipinski definition) is 4. The molecule has 0 radical (unpaired) electrons. The van der Waals surface area contributed by atoms with E-state index in [0.717, 1.165) is 12.1 Å². The summed E-state index contributed by atoms with van der Waals surface area (Å²) in [6.45, 7) is 3.88. The fourth-order valence-electron chi connectivity index (χ4n) is 3.48. The number of benzene rings is 1. The Hall–Kier alpha value is -4.74. The van der Waals surface area contributed by atoms with Gasteiger partial charge in [-0.05, 0) is 19.4 Å². The van der Waals surface area contributed by atoms with Crippen molar-refractivity contribution >= 4 is 45.7 Å². The molecule has 3 rings (SSSR count). The second-order valence-corrected chi connectivity index (χ2v) is 7.11. The first kappa shape index (κ1) is 26.5. The fraction of sp³-hybridized carbons (Fsp3) is 0.217. The molecule has 0 spiro atoms. The van der Waals surface area contributed by atoms with E-state index in [1.165, 1.54) is 10.6 Å². The van der Waals surface area contributed by atoms with Crippen molar-refractivity contribution in [2.75, 3.05) is 0 Å². The SMILES string of the molecule is CCCc1c2oc(C(=O)O)cc(=O)c2cc2c(=O)cc(C(=O)O)n(CC)c12.O=C(O)/C=C\C(=O)O. The van der Waals surface area contributed by atoms with Gasteiger partial charge in [0.2, 0.25) is 5.76 Å². The zero-order chi connectivity index (χ0) is 26.4. The second-order valence-electron chi connectivity index (χ2n) is 7.11. The first-order valence-corrected chi connectivity index (χ1v) is 10.2. The largest absolute Gasteiger partial charge is 0.478 e. The van der Waals surface area contributed by atoms with Crippen molar-refractivity contribution in [1.29, 1.82) is 0 Å². The summed E-state index contributed by atoms with van der Waals surface area (Å²) in [7, 11) is 0. The smallest absolute Gasteiger partial charge is 0.371 e. The van der Waals surface area contributed by atoms with E-state index in [1.807, 2.05) is 6.92 Å². The van der Waals surface area contributed by atoms with Gasteiger partial charge < -0.3 is 29.4 Å². The van der Waals surface area contributed by atoms with Crippen molar-refractivity contribution in [3.05, 3.63) is 67.8 Å². The van der Waals surface area contributed by atoms with Crippen molar-refractivity contribution in [2.24, 2.45) is 0 Å². The maximum absolute atomic E-state index is 12.6. The Morgan fingerprint density at radius 2 is 1.43 bits per heavy atom. The van der Waals surface area contributed by atoms with Crippen molar-refractivity contribution in [2.45, 2.75) is 33.2 Å². The van der Waals surface area contributed by atoms with E-state index >= 15 is 0 Å². The van der Waals surface area contributed by atoms with Gasteiger partial charge in [0.15, 0.2) is 10.9 Å². The Kier molecular flexibility index (Phi) is 8.27. The van der Waals surface area contributed by atoms with Crippen LogP contribution in [0.4, 0.5) is 0 Å². The monoisotopic (exact) mass is 487 g/mol. The maximum atomic E-state index is 12.6. The van der Waals surface area contributed by atoms with Gasteiger partial charge in [-0.3, -0.25) is 9.59 Å². The highest BCUT2D eigenvalue weighted by Crippen LogP contribution is 2.28. The zero-order valence-electron chi connectivity index (χ0n) is 18.6. The van der Waals surface area contributed by atoms with Crippen LogP contribution in [0.2, 0.25) is 0 Å². The first-order chi connectivity index (χ1) is 16.4. The van der Waals surface area contributed by atoms with E-state index in [1.54, 1.807) is 6.92 Å². The van der Waals surface area contributed by atoms with Crippen molar-refractivity contribution in [3.63, 3.8) is 0 Å². The number of aryl methyl sites for hydroxylation is 2. The molecule has 0 aliphatic carbocycles. The molecule has 0 atom stereocenters. The van der Waals surface area contributed by atoms with Gasteiger partial charge in [-0.2, -0.15) is 0 Å². The molecule has 0 aliphatic heterocycles. The van der Waals surface area contributed by atoms with Gasteiger partial charge in [0.05, 0.1) is 10.9 Å². The topological polar surface area (TPSA) is 201 Å². The number of carboxylic acid groups (broad SMARTS) is 4. The van der Waals surface area contributed by atoms with E-state index < -0.39 is 40.5 Å². The predicted octanol–water partition coefficient (Wildman–Crippen LogP) is 2.19. The first-order valence-electron chi connectivity index (χ1n) is 10.2. The summed E-state index contributed by atoms with van der Waals surface area (Å²) in [5, 5.41) is 34.6. The van der Waals surface area contributed by atoms with Crippen LogP contribution in [0, 0.1) is 0 Å². The Morgan fingerprint density at radius 1 is 0.857 bits per heavy atom. The summed E-state index contributed by atoms with van der Waals surface area (Å²) in [5.74, 6) is -5.66. The minimum atomic E-state index is -1.39. The molecular formula is C23H21NO11. The van der Waals surface area contributed by atoms with Crippen LogP contribution in [0.5, 0.6) is 0 Å². The third-order valence-electron chi connectivity index (χ3n) is 4.80. The molecule has 4 N–H and O–H groups in total. The van der Waals surface area contributed by atoms with Crippen LogP contribution in [0.15, 0.2) is 44.4 Å². The molecule has 0 amide bonds. The Bertz CT molecular complexity index is 1480. The lowest BCUT2D eigenvalue weighted by molar-refractivity contribution is -0.134. The quantitative estimate of drug-likeness (QED) is 0.281. The lowest BCUT2D eigenvalue weighted by Gasteiger charge is -2.17. The molecular weight excluding hydrogens is 466 g/mol. The number of aromatic nitrogens is 1. The number of carbonyl (C=O) groups is 4. The van der Waals surface area contributed by atoms with Crippen LogP contribution in [-0.2, 0) is 22.6 Å². The van der Waals surface area contributed by atoms with Crippen LogP contribution < -0.4 is 10.9 Å². The van der Waals surface area contributed by atoms with E-state index in [2.05, 4.69) is 0 Å². The van der Waals surface area contributed by atoms with Gasteiger partial charge in [-0.25, -0.2) is 19.2 Å². The maximum Gasteiger partial charge on any atom is 0.371 e. The van der Waals surface area contributed by atoms with Crippen LogP contribution >= 0.6 is 0 Å². The number of aliphatic carboxylic acids is 2. The molecule has 0 fully saturated rings. The van der Waals surface area contributed by atoms with Crippen LogP contribution in [0.25, 0.3) is 21.9 Å². The van der Waals surface area contributed by atoms with E-state index in [9.17, 15) is 39.0 Å². The molecule has 0 saturated carbocycles. The molecule has 0 unspecified atom stereocenters. The van der Waals surface area contributed by atoms with E-state index in [-0.39, 0.29) is 28.6 Å². The molecule has 1 aromatic carbocycles. The van der Waals surface area contributed by atoms with E-state index in [0.29, 0.717) is 36.1 Å². The lowest BCUT2D eigenvalue weighted by Crippen LogP contribution is -2.19. The lowest BCUT2D eigenvalue weighted by atomic mass is 10.00. The number of rotatable bonds is 7. The van der Waals surface area contributed by atoms with Gasteiger partial charge in [0.1, 0.15) is 11.3 Å². The highest BCUT2D eigenvalue weighted by molar-refractivity contribution is 6.01. The number of carboxylic acids is 4. The molecule has 12 heteroatoms. The number of fused-ring (bicyclic) bond motifs is 2. The average Bonchev–Trinajstić information content (AvgIpc) is 2.78. The number of hydrogen-bond acceptors (Lipinski definition) is 7. The van der Waals surface area contributed by atoms with Crippen molar-refractivity contribution in [1.82, 2.24) is 4.57 Å². The summed E-state index contributed by atoms with van der Waals surface area (Å²) in [6.07, 6.45) is 2.11. The Labute approximate surface area is 196 Å². The predicted molar refractivity (Wildman–Crippen MR) is 122 cm³/mol. The molecule has 2 aromatic heterocycles. The summed E-state index contributed by atoms with van der Waals surface area (Å²) in [4.78, 5) is 67.0. The van der Waals surface area contributed by atoms with Crippen LogP contribution in [0.3, 0.4) is 0 Å². The summed E-state index contributed by atoms with van der Waals surface area (Å²) < 4.78 is 6.94. The number of aromatic carboxylic acids is 2. The standard InChI is InChI=1S/C19H17NO7.C4H4O4/c1-3-5-9-16-10(13(21)7-12(18(23)24)20(16)4-2)6-11-14(22)8-15(19(25)26)27-17(9)11;5-3(6)1-2-4(7)8/h6-8H,3-5H2,1-2H3,(H,23,24)(H,25,26);1-2H,(H,5,6)(H,7,8)/b;2-1-. The van der Waals surface area contributed by atoms with Gasteiger partial charge >= 0.3 is 23.9 Å². The molecule has 0 aliphatic rings. The summed E-state index contributed by atoms with van der Waals surface area (Å²) in [5.41, 5.74) is -0.401. The van der Waals surface area contributed by atoms with E-state index in [4.69, 9.17) is 14.6 Å². The fourth-order valence-corrected chi connectivity index (χ4v) is 3.48. The summed E-state index contributed by atoms with van der Waals surface area (Å²) >= 11 is 0. The molecule has 3 aromatic rings.